The molecule has 1 aliphatic rings. The summed E-state index contributed by atoms with van der Waals surface area (Å²) < 4.78 is 34.5. The molecule has 1 aromatic carbocycles. The second-order valence-corrected chi connectivity index (χ2v) is 9.41. The third-order valence-electron chi connectivity index (χ3n) is 4.59. The molecular formula is C19H19BrN4O4S. The Kier molecular flexibility index (Phi) is 5.68. The maximum atomic E-state index is 12.8. The average molecular weight is 479 g/mol. The zero-order valence-corrected chi connectivity index (χ0v) is 17.8. The van der Waals surface area contributed by atoms with Crippen molar-refractivity contribution >= 4 is 37.3 Å². The van der Waals surface area contributed by atoms with Crippen LogP contribution in [0.2, 0.25) is 0 Å². The Morgan fingerprint density at radius 2 is 1.93 bits per heavy atom. The summed E-state index contributed by atoms with van der Waals surface area (Å²) in [5.74, 6) is 0. The van der Waals surface area contributed by atoms with Crippen molar-refractivity contribution < 1.29 is 13.2 Å². The molecule has 0 unspecified atom stereocenters. The summed E-state index contributed by atoms with van der Waals surface area (Å²) in [6.45, 7) is 1.79. The molecule has 0 atom stereocenters. The van der Waals surface area contributed by atoms with Gasteiger partial charge in [0, 0.05) is 35.5 Å². The molecule has 1 aliphatic heterocycles. The zero-order chi connectivity index (χ0) is 20.4. The number of rotatable bonds is 5. The van der Waals surface area contributed by atoms with Crippen LogP contribution >= 0.6 is 15.9 Å². The summed E-state index contributed by atoms with van der Waals surface area (Å²) in [4.78, 5) is 17.0. The van der Waals surface area contributed by atoms with Crippen molar-refractivity contribution in [3.63, 3.8) is 0 Å². The number of aromatic nitrogens is 2. The molecule has 0 aliphatic carbocycles. The molecule has 0 saturated carbocycles. The molecule has 4 rings (SSSR count). The largest absolute Gasteiger partial charge is 0.379 e. The van der Waals surface area contributed by atoms with E-state index < -0.39 is 10.0 Å². The maximum Gasteiger partial charge on any atom is 0.258 e. The van der Waals surface area contributed by atoms with E-state index in [4.69, 9.17) is 4.74 Å². The van der Waals surface area contributed by atoms with E-state index in [0.717, 1.165) is 4.47 Å². The van der Waals surface area contributed by atoms with Crippen molar-refractivity contribution in [2.45, 2.75) is 11.4 Å². The van der Waals surface area contributed by atoms with Crippen molar-refractivity contribution in [3.05, 3.63) is 69.2 Å². The highest BCUT2D eigenvalue weighted by molar-refractivity contribution is 9.10. The Morgan fingerprint density at radius 3 is 2.72 bits per heavy atom. The van der Waals surface area contributed by atoms with E-state index in [2.05, 4.69) is 26.2 Å². The molecule has 0 bridgehead atoms. The summed E-state index contributed by atoms with van der Waals surface area (Å²) in [7, 11) is -3.57. The fraction of sp³-hybridized carbons (Fsp3) is 0.263. The Bertz CT molecular complexity index is 1210. The van der Waals surface area contributed by atoms with Crippen molar-refractivity contribution in [1.82, 2.24) is 13.7 Å². The Morgan fingerprint density at radius 1 is 1.14 bits per heavy atom. The third-order valence-corrected chi connectivity index (χ3v) is 6.96. The summed E-state index contributed by atoms with van der Waals surface area (Å²) in [6, 6.07) is 11.7. The van der Waals surface area contributed by atoms with E-state index in [0.29, 0.717) is 49.9 Å². The second-order valence-electron chi connectivity index (χ2n) is 6.56. The van der Waals surface area contributed by atoms with Crippen LogP contribution in [0, 0.1) is 0 Å². The second kappa shape index (κ2) is 8.23. The minimum atomic E-state index is -3.57. The molecule has 1 N–H and O–H groups in total. The number of benzene rings is 1. The summed E-state index contributed by atoms with van der Waals surface area (Å²) in [5.41, 5.74) is 1.56. The highest BCUT2D eigenvalue weighted by atomic mass is 79.9. The van der Waals surface area contributed by atoms with Crippen LogP contribution in [0.3, 0.4) is 0 Å². The normalized spacial score (nSPS) is 15.5. The van der Waals surface area contributed by atoms with E-state index in [1.165, 1.54) is 14.8 Å². The molecule has 1 saturated heterocycles. The van der Waals surface area contributed by atoms with Crippen LogP contribution in [0.1, 0.15) is 5.69 Å². The van der Waals surface area contributed by atoms with Crippen LogP contribution in [-0.2, 0) is 21.3 Å². The van der Waals surface area contributed by atoms with Crippen LogP contribution in [0.25, 0.3) is 5.65 Å². The van der Waals surface area contributed by atoms with Gasteiger partial charge in [-0.2, -0.15) is 4.31 Å². The number of hydrogen-bond acceptors (Lipinski definition) is 6. The third kappa shape index (κ3) is 4.35. The summed E-state index contributed by atoms with van der Waals surface area (Å²) in [6.07, 6.45) is 1.67. The number of nitrogens with zero attached hydrogens (tertiary/aromatic N) is 3. The van der Waals surface area contributed by atoms with Crippen molar-refractivity contribution in [3.8, 4) is 0 Å². The predicted octanol–water partition coefficient (Wildman–Crippen LogP) is 2.09. The van der Waals surface area contributed by atoms with E-state index in [9.17, 15) is 13.2 Å². The SMILES string of the molecule is O=c1cc(CNc2cccc(S(=O)(=O)N3CCOCC3)c2)nc2ccc(Br)cn12. The first-order chi connectivity index (χ1) is 13.9. The summed E-state index contributed by atoms with van der Waals surface area (Å²) in [5, 5.41) is 3.15. The quantitative estimate of drug-likeness (QED) is 0.603. The minimum absolute atomic E-state index is 0.184. The molecule has 3 heterocycles. The van der Waals surface area contributed by atoms with Gasteiger partial charge in [-0.15, -0.1) is 0 Å². The highest BCUT2D eigenvalue weighted by Gasteiger charge is 2.26. The van der Waals surface area contributed by atoms with Gasteiger partial charge in [-0.25, -0.2) is 13.4 Å². The number of fused-ring (bicyclic) bond motifs is 1. The minimum Gasteiger partial charge on any atom is -0.379 e. The smallest absolute Gasteiger partial charge is 0.258 e. The number of halogens is 1. The number of anilines is 1. The van der Waals surface area contributed by atoms with Crippen molar-refractivity contribution in [2.75, 3.05) is 31.6 Å². The van der Waals surface area contributed by atoms with Crippen LogP contribution in [-0.4, -0.2) is 48.4 Å². The molecule has 3 aromatic rings. The Hall–Kier alpha value is -2.27. The van der Waals surface area contributed by atoms with E-state index >= 15 is 0 Å². The molecule has 10 heteroatoms. The van der Waals surface area contributed by atoms with E-state index in [-0.39, 0.29) is 10.5 Å². The Labute approximate surface area is 176 Å². The average Bonchev–Trinajstić information content (AvgIpc) is 2.74. The molecule has 152 valence electrons. The first-order valence-corrected chi connectivity index (χ1v) is 11.3. The van der Waals surface area contributed by atoms with Gasteiger partial charge < -0.3 is 10.1 Å². The summed E-state index contributed by atoms with van der Waals surface area (Å²) >= 11 is 3.34. The molecular weight excluding hydrogens is 460 g/mol. The molecule has 0 spiro atoms. The lowest BCUT2D eigenvalue weighted by atomic mass is 10.3. The van der Waals surface area contributed by atoms with Crippen molar-refractivity contribution in [2.24, 2.45) is 0 Å². The highest BCUT2D eigenvalue weighted by Crippen LogP contribution is 2.21. The van der Waals surface area contributed by atoms with Gasteiger partial charge in [-0.05, 0) is 46.3 Å². The Balaban J connectivity index is 1.54. The molecule has 29 heavy (non-hydrogen) atoms. The van der Waals surface area contributed by atoms with Crippen molar-refractivity contribution in [1.29, 1.82) is 0 Å². The van der Waals surface area contributed by atoms with Gasteiger partial charge >= 0.3 is 0 Å². The molecule has 0 amide bonds. The van der Waals surface area contributed by atoms with Crippen LogP contribution in [0.15, 0.2) is 62.8 Å². The fourth-order valence-corrected chi connectivity index (χ4v) is 4.90. The van der Waals surface area contributed by atoms with Gasteiger partial charge in [0.15, 0.2) is 0 Å². The number of sulfonamides is 1. The monoisotopic (exact) mass is 478 g/mol. The van der Waals surface area contributed by atoms with Gasteiger partial charge in [-0.1, -0.05) is 6.07 Å². The van der Waals surface area contributed by atoms with Gasteiger partial charge in [0.1, 0.15) is 5.65 Å². The number of ether oxygens (including phenoxy) is 1. The van der Waals surface area contributed by atoms with Gasteiger partial charge in [-0.3, -0.25) is 9.20 Å². The van der Waals surface area contributed by atoms with Gasteiger partial charge in [0.25, 0.3) is 5.56 Å². The van der Waals surface area contributed by atoms with Gasteiger partial charge in [0.05, 0.1) is 30.3 Å². The standard InChI is InChI=1S/C19H19BrN4O4S/c20-14-4-5-18-22-16(11-19(25)24(18)13-14)12-21-15-2-1-3-17(10-15)29(26,27)23-6-8-28-9-7-23/h1-5,10-11,13,21H,6-9,12H2. The molecule has 8 nitrogen and oxygen atoms in total. The van der Waals surface area contributed by atoms with E-state index in [1.807, 2.05) is 6.07 Å². The lowest BCUT2D eigenvalue weighted by Gasteiger charge is -2.26. The molecule has 1 fully saturated rings. The van der Waals surface area contributed by atoms with Crippen LogP contribution in [0.5, 0.6) is 0 Å². The number of morpholine rings is 1. The van der Waals surface area contributed by atoms with Crippen LogP contribution < -0.4 is 10.9 Å². The number of hydrogen-bond donors (Lipinski definition) is 1. The molecule has 0 radical (unpaired) electrons. The van der Waals surface area contributed by atoms with E-state index in [1.54, 1.807) is 36.5 Å². The van der Waals surface area contributed by atoms with Crippen LogP contribution in [0.4, 0.5) is 5.69 Å². The lowest BCUT2D eigenvalue weighted by molar-refractivity contribution is 0.0730. The number of pyridine rings is 1. The topological polar surface area (TPSA) is 93.0 Å². The fourth-order valence-electron chi connectivity index (χ4n) is 3.11. The first-order valence-electron chi connectivity index (χ1n) is 9.03. The zero-order valence-electron chi connectivity index (χ0n) is 15.4. The number of nitrogens with one attached hydrogen (secondary N) is 1. The lowest BCUT2D eigenvalue weighted by Crippen LogP contribution is -2.40. The van der Waals surface area contributed by atoms with Gasteiger partial charge in [0.2, 0.25) is 10.0 Å². The molecule has 2 aromatic heterocycles. The first kappa shape index (κ1) is 20.0. The predicted molar refractivity (Wildman–Crippen MR) is 113 cm³/mol. The maximum absolute atomic E-state index is 12.8.